The summed E-state index contributed by atoms with van der Waals surface area (Å²) >= 11 is 7.19. The monoisotopic (exact) mass is 458 g/mol. The van der Waals surface area contributed by atoms with E-state index in [9.17, 15) is 4.79 Å². The van der Waals surface area contributed by atoms with Gasteiger partial charge in [0.1, 0.15) is 5.82 Å². The number of hydrogen-bond donors (Lipinski definition) is 0. The lowest BCUT2D eigenvalue weighted by Crippen LogP contribution is -2.33. The summed E-state index contributed by atoms with van der Waals surface area (Å²) in [6, 6.07) is 7.20. The number of benzene rings is 1. The summed E-state index contributed by atoms with van der Waals surface area (Å²) in [4.78, 5) is 15.0. The second kappa shape index (κ2) is 9.00. The van der Waals surface area contributed by atoms with Crippen LogP contribution in [0, 0.1) is 0 Å². The molecule has 0 radical (unpaired) electrons. The highest BCUT2D eigenvalue weighted by atomic mass is 35.5. The average molecular weight is 459 g/mol. The summed E-state index contributed by atoms with van der Waals surface area (Å²) < 4.78 is 7.95. The van der Waals surface area contributed by atoms with E-state index in [1.165, 1.54) is 18.2 Å². The number of thioether (sulfide) groups is 1. The number of carbonyl (C=O) groups is 1. The van der Waals surface area contributed by atoms with Gasteiger partial charge in [-0.15, -0.1) is 20.4 Å². The van der Waals surface area contributed by atoms with Crippen molar-refractivity contribution in [3.63, 3.8) is 0 Å². The third-order valence-electron chi connectivity index (χ3n) is 5.83. The molecule has 1 amide bonds. The fourth-order valence-corrected chi connectivity index (χ4v) is 5.05. The molecule has 162 valence electrons. The minimum Gasteiger partial charge on any atom is -0.411 e. The first-order valence-electron chi connectivity index (χ1n) is 10.6. The van der Waals surface area contributed by atoms with Crippen LogP contribution in [0.1, 0.15) is 49.8 Å². The molecule has 0 aliphatic carbocycles. The van der Waals surface area contributed by atoms with Gasteiger partial charge in [0.05, 0.1) is 11.8 Å². The molecule has 4 heterocycles. The van der Waals surface area contributed by atoms with Gasteiger partial charge < -0.3 is 13.9 Å². The summed E-state index contributed by atoms with van der Waals surface area (Å²) in [6.07, 6.45) is 6.39. The van der Waals surface area contributed by atoms with Gasteiger partial charge in [-0.2, -0.15) is 0 Å². The molecule has 0 spiro atoms. The molecule has 1 fully saturated rings. The van der Waals surface area contributed by atoms with Gasteiger partial charge in [0.15, 0.2) is 5.82 Å². The number of halogens is 1. The van der Waals surface area contributed by atoms with Gasteiger partial charge in [-0.25, -0.2) is 0 Å². The van der Waals surface area contributed by atoms with Crippen molar-refractivity contribution >= 4 is 29.3 Å². The number of carbonyl (C=O) groups excluding carboxylic acids is 1. The van der Waals surface area contributed by atoms with Crippen LogP contribution in [-0.4, -0.2) is 48.1 Å². The number of aromatic nitrogens is 5. The van der Waals surface area contributed by atoms with Crippen LogP contribution in [0.4, 0.5) is 0 Å². The van der Waals surface area contributed by atoms with Gasteiger partial charge in [0.2, 0.25) is 11.8 Å². The molecule has 8 nitrogen and oxygen atoms in total. The van der Waals surface area contributed by atoms with E-state index < -0.39 is 0 Å². The third kappa shape index (κ3) is 4.34. The second-order valence-electron chi connectivity index (χ2n) is 7.85. The smallest absolute Gasteiger partial charge is 0.277 e. The molecule has 5 rings (SSSR count). The number of rotatable bonds is 5. The van der Waals surface area contributed by atoms with Crippen LogP contribution < -0.4 is 0 Å². The van der Waals surface area contributed by atoms with Crippen LogP contribution in [0.2, 0.25) is 5.02 Å². The zero-order valence-corrected chi connectivity index (χ0v) is 18.6. The highest BCUT2D eigenvalue weighted by Crippen LogP contribution is 2.33. The predicted octanol–water partition coefficient (Wildman–Crippen LogP) is 4.16. The van der Waals surface area contributed by atoms with Crippen molar-refractivity contribution < 1.29 is 9.21 Å². The molecular formula is C21H23ClN6O2S. The predicted molar refractivity (Wildman–Crippen MR) is 117 cm³/mol. The molecule has 1 saturated heterocycles. The van der Waals surface area contributed by atoms with E-state index in [4.69, 9.17) is 16.0 Å². The summed E-state index contributed by atoms with van der Waals surface area (Å²) in [5.41, 5.74) is 0.794. The summed E-state index contributed by atoms with van der Waals surface area (Å²) in [7, 11) is 0. The van der Waals surface area contributed by atoms with E-state index in [-0.39, 0.29) is 17.7 Å². The largest absolute Gasteiger partial charge is 0.411 e. The Morgan fingerprint density at radius 1 is 1.06 bits per heavy atom. The van der Waals surface area contributed by atoms with Crippen LogP contribution in [0.15, 0.2) is 33.9 Å². The number of amides is 1. The maximum absolute atomic E-state index is 13.0. The average Bonchev–Trinajstić information content (AvgIpc) is 3.50. The van der Waals surface area contributed by atoms with Crippen molar-refractivity contribution in [1.82, 2.24) is 29.9 Å². The molecule has 1 unspecified atom stereocenters. The lowest BCUT2D eigenvalue weighted by atomic mass is 10.2. The van der Waals surface area contributed by atoms with E-state index in [1.807, 2.05) is 17.0 Å². The van der Waals surface area contributed by atoms with Gasteiger partial charge in [-0.05, 0) is 49.9 Å². The number of fused-ring (bicyclic) bond motifs is 1. The Bertz CT molecular complexity index is 1070. The van der Waals surface area contributed by atoms with E-state index in [1.54, 1.807) is 12.1 Å². The Balaban J connectivity index is 1.24. The minimum absolute atomic E-state index is 0.000219. The number of nitrogens with zero attached hydrogens (tertiary/aromatic N) is 6. The molecule has 31 heavy (non-hydrogen) atoms. The van der Waals surface area contributed by atoms with Crippen molar-refractivity contribution in [3.8, 4) is 11.5 Å². The number of likely N-dealkylation sites (tertiary alicyclic amines) is 1. The van der Waals surface area contributed by atoms with E-state index in [0.717, 1.165) is 62.4 Å². The molecule has 2 aliphatic rings. The van der Waals surface area contributed by atoms with Crippen LogP contribution in [0.5, 0.6) is 0 Å². The Morgan fingerprint density at radius 2 is 1.94 bits per heavy atom. The van der Waals surface area contributed by atoms with Gasteiger partial charge >= 0.3 is 0 Å². The number of aryl methyl sites for hydroxylation is 1. The summed E-state index contributed by atoms with van der Waals surface area (Å²) in [6.45, 7) is 1.69. The maximum Gasteiger partial charge on any atom is 0.277 e. The van der Waals surface area contributed by atoms with Crippen molar-refractivity contribution in [2.75, 3.05) is 12.3 Å². The SMILES string of the molecule is O=C(CSc1nnc(-c2ccc(Cl)cc2)o1)N1CCCC1c1nnc2n1CCCCC2. The molecule has 0 N–H and O–H groups in total. The normalized spacial score (nSPS) is 18.7. The molecule has 2 aliphatic heterocycles. The van der Waals surface area contributed by atoms with Gasteiger partial charge in [-0.3, -0.25) is 4.79 Å². The molecule has 2 aromatic heterocycles. The lowest BCUT2D eigenvalue weighted by molar-refractivity contribution is -0.129. The first-order chi connectivity index (χ1) is 15.2. The van der Waals surface area contributed by atoms with Gasteiger partial charge in [0.25, 0.3) is 5.22 Å². The molecule has 1 aromatic carbocycles. The molecule has 0 bridgehead atoms. The van der Waals surface area contributed by atoms with Crippen LogP contribution in [-0.2, 0) is 17.8 Å². The number of hydrogen-bond acceptors (Lipinski definition) is 7. The van der Waals surface area contributed by atoms with E-state index in [2.05, 4.69) is 25.0 Å². The Morgan fingerprint density at radius 3 is 2.81 bits per heavy atom. The first kappa shape index (κ1) is 20.5. The standard InChI is InChI=1S/C21H23ClN6O2S/c22-15-9-7-14(8-10-15)20-25-26-21(30-20)31-13-18(29)27-12-4-5-16(27)19-24-23-17-6-2-1-3-11-28(17)19/h7-10,16H,1-6,11-13H2. The van der Waals surface area contributed by atoms with E-state index >= 15 is 0 Å². The fraction of sp³-hybridized carbons (Fsp3) is 0.476. The zero-order chi connectivity index (χ0) is 21.2. The summed E-state index contributed by atoms with van der Waals surface area (Å²) in [5, 5.41) is 18.1. The first-order valence-corrected chi connectivity index (χ1v) is 12.0. The quantitative estimate of drug-likeness (QED) is 0.530. The Hall–Kier alpha value is -2.39. The second-order valence-corrected chi connectivity index (χ2v) is 9.21. The topological polar surface area (TPSA) is 89.9 Å². The molecule has 3 aromatic rings. The van der Waals surface area contributed by atoms with Crippen molar-refractivity contribution in [3.05, 3.63) is 40.9 Å². The highest BCUT2D eigenvalue weighted by Gasteiger charge is 2.34. The van der Waals surface area contributed by atoms with Crippen LogP contribution in [0.3, 0.4) is 0 Å². The van der Waals surface area contributed by atoms with Crippen LogP contribution in [0.25, 0.3) is 11.5 Å². The molecule has 10 heteroatoms. The zero-order valence-electron chi connectivity index (χ0n) is 17.0. The van der Waals surface area contributed by atoms with Gasteiger partial charge in [0, 0.05) is 30.1 Å². The summed E-state index contributed by atoms with van der Waals surface area (Å²) in [5.74, 6) is 2.72. The molecule has 0 saturated carbocycles. The lowest BCUT2D eigenvalue weighted by Gasteiger charge is -2.24. The van der Waals surface area contributed by atoms with Crippen molar-refractivity contribution in [2.24, 2.45) is 0 Å². The highest BCUT2D eigenvalue weighted by molar-refractivity contribution is 7.99. The van der Waals surface area contributed by atoms with Gasteiger partial charge in [-0.1, -0.05) is 29.8 Å². The third-order valence-corrected chi connectivity index (χ3v) is 6.88. The molecule has 1 atom stereocenters. The van der Waals surface area contributed by atoms with Crippen LogP contribution >= 0.6 is 23.4 Å². The molecular weight excluding hydrogens is 436 g/mol. The Kier molecular flexibility index (Phi) is 5.95. The van der Waals surface area contributed by atoms with Crippen molar-refractivity contribution in [1.29, 1.82) is 0 Å². The van der Waals surface area contributed by atoms with Crippen molar-refractivity contribution in [2.45, 2.75) is 56.3 Å². The Labute approximate surface area is 189 Å². The minimum atomic E-state index is -0.000219. The van der Waals surface area contributed by atoms with E-state index in [0.29, 0.717) is 16.1 Å². The maximum atomic E-state index is 13.0. The fourth-order valence-electron chi connectivity index (χ4n) is 4.27.